The molecule has 0 radical (unpaired) electrons. The van der Waals surface area contributed by atoms with Crippen LogP contribution in [0.5, 0.6) is 0 Å². The lowest BCUT2D eigenvalue weighted by atomic mass is 10.1. The first-order valence-electron chi connectivity index (χ1n) is 8.23. The van der Waals surface area contributed by atoms with Crippen molar-refractivity contribution in [3.05, 3.63) is 73.8 Å². The Kier molecular flexibility index (Phi) is 6.07. The summed E-state index contributed by atoms with van der Waals surface area (Å²) in [4.78, 5) is 34.5. The minimum atomic E-state index is -0.680. The summed E-state index contributed by atoms with van der Waals surface area (Å²) in [7, 11) is 1.73. The van der Waals surface area contributed by atoms with Crippen LogP contribution in [-0.2, 0) is 6.54 Å². The highest BCUT2D eigenvalue weighted by molar-refractivity contribution is 5.94. The summed E-state index contributed by atoms with van der Waals surface area (Å²) in [6, 6.07) is 10.4. The molecule has 0 fully saturated rings. The molecule has 0 aromatic heterocycles. The molecule has 2 rings (SSSR count). The number of non-ortho nitro benzene ring substituents is 1. The number of amides is 1. The highest BCUT2D eigenvalue weighted by Crippen LogP contribution is 2.29. The van der Waals surface area contributed by atoms with E-state index in [4.69, 9.17) is 0 Å². The molecular formula is C18H20N4O5. The molecule has 2 aromatic rings. The van der Waals surface area contributed by atoms with Crippen LogP contribution in [0.15, 0.2) is 42.5 Å². The fraction of sp³-hybridized carbons (Fsp3) is 0.278. The Morgan fingerprint density at radius 1 is 1.07 bits per heavy atom. The number of benzene rings is 2. The van der Waals surface area contributed by atoms with Gasteiger partial charge in [-0.2, -0.15) is 0 Å². The maximum absolute atomic E-state index is 12.3. The van der Waals surface area contributed by atoms with Crippen molar-refractivity contribution >= 4 is 23.0 Å². The van der Waals surface area contributed by atoms with E-state index in [0.29, 0.717) is 5.56 Å². The predicted octanol–water partition coefficient (Wildman–Crippen LogP) is 3.60. The van der Waals surface area contributed by atoms with Crippen LogP contribution in [0.3, 0.4) is 0 Å². The summed E-state index contributed by atoms with van der Waals surface area (Å²) < 4.78 is 0. The molecule has 0 aliphatic carbocycles. The van der Waals surface area contributed by atoms with Crippen molar-refractivity contribution in [3.8, 4) is 0 Å². The molecule has 0 bridgehead atoms. The third-order valence-corrected chi connectivity index (χ3v) is 4.17. The molecule has 0 aliphatic heterocycles. The second-order valence-electron chi connectivity index (χ2n) is 6.28. The number of nitro groups is 2. The van der Waals surface area contributed by atoms with Gasteiger partial charge >= 0.3 is 0 Å². The number of nitrogens with zero attached hydrogens (tertiary/aromatic N) is 3. The van der Waals surface area contributed by atoms with Gasteiger partial charge < -0.3 is 10.2 Å². The molecule has 0 unspecified atom stereocenters. The summed E-state index contributed by atoms with van der Waals surface area (Å²) in [6.45, 7) is 4.12. The fourth-order valence-corrected chi connectivity index (χ4v) is 2.33. The highest BCUT2D eigenvalue weighted by Gasteiger charge is 2.19. The van der Waals surface area contributed by atoms with E-state index in [1.54, 1.807) is 36.2 Å². The van der Waals surface area contributed by atoms with Crippen LogP contribution in [-0.4, -0.2) is 33.7 Å². The molecule has 0 atom stereocenters. The molecule has 142 valence electrons. The van der Waals surface area contributed by atoms with Crippen molar-refractivity contribution in [2.24, 2.45) is 0 Å². The van der Waals surface area contributed by atoms with Gasteiger partial charge in [-0.15, -0.1) is 0 Å². The Bertz CT molecular complexity index is 865. The largest absolute Gasteiger partial charge is 0.375 e. The third kappa shape index (κ3) is 4.78. The second-order valence-corrected chi connectivity index (χ2v) is 6.28. The van der Waals surface area contributed by atoms with Crippen molar-refractivity contribution in [1.82, 2.24) is 4.90 Å². The Morgan fingerprint density at radius 2 is 1.70 bits per heavy atom. The number of carbonyl (C=O) groups excluding carboxylic acids is 1. The lowest BCUT2D eigenvalue weighted by Gasteiger charge is -2.21. The molecule has 9 heteroatoms. The summed E-state index contributed by atoms with van der Waals surface area (Å²) in [5.74, 6) is -0.0875. The predicted molar refractivity (Wildman–Crippen MR) is 101 cm³/mol. The van der Waals surface area contributed by atoms with Gasteiger partial charge in [-0.1, -0.05) is 12.1 Å². The number of anilines is 1. The van der Waals surface area contributed by atoms with E-state index in [1.807, 2.05) is 13.8 Å². The highest BCUT2D eigenvalue weighted by atomic mass is 16.6. The van der Waals surface area contributed by atoms with Gasteiger partial charge in [-0.05, 0) is 37.6 Å². The second kappa shape index (κ2) is 8.26. The Balaban J connectivity index is 2.12. The zero-order valence-corrected chi connectivity index (χ0v) is 15.2. The van der Waals surface area contributed by atoms with Gasteiger partial charge in [0.15, 0.2) is 0 Å². The van der Waals surface area contributed by atoms with Crippen LogP contribution in [0.2, 0.25) is 0 Å². The number of hydrogen-bond donors (Lipinski definition) is 1. The SMILES string of the molecule is CC(C)N(C)C(=O)c1ccc(CNc2ccc([N+](=O)[O-])cc2[N+](=O)[O-])cc1. The van der Waals surface area contributed by atoms with E-state index in [1.165, 1.54) is 12.1 Å². The molecule has 2 aromatic carbocycles. The van der Waals surface area contributed by atoms with Crippen molar-refractivity contribution < 1.29 is 14.6 Å². The van der Waals surface area contributed by atoms with E-state index in [0.717, 1.165) is 11.6 Å². The van der Waals surface area contributed by atoms with Gasteiger partial charge in [0.2, 0.25) is 0 Å². The van der Waals surface area contributed by atoms with Crippen LogP contribution >= 0.6 is 0 Å². The minimum Gasteiger partial charge on any atom is -0.375 e. The lowest BCUT2D eigenvalue weighted by Crippen LogP contribution is -2.32. The summed E-state index contributed by atoms with van der Waals surface area (Å²) in [6.07, 6.45) is 0. The first-order chi connectivity index (χ1) is 12.7. The normalized spacial score (nSPS) is 10.5. The van der Waals surface area contributed by atoms with E-state index < -0.39 is 9.85 Å². The van der Waals surface area contributed by atoms with Crippen LogP contribution < -0.4 is 5.32 Å². The molecule has 0 saturated heterocycles. The third-order valence-electron chi connectivity index (χ3n) is 4.17. The van der Waals surface area contributed by atoms with Gasteiger partial charge in [0.05, 0.1) is 15.9 Å². The molecule has 0 saturated carbocycles. The molecule has 9 nitrogen and oxygen atoms in total. The molecule has 27 heavy (non-hydrogen) atoms. The van der Waals surface area contributed by atoms with Crippen molar-refractivity contribution in [1.29, 1.82) is 0 Å². The Hall–Kier alpha value is -3.49. The minimum absolute atomic E-state index is 0.0847. The van der Waals surface area contributed by atoms with Gasteiger partial charge in [0.25, 0.3) is 17.3 Å². The number of nitrogens with one attached hydrogen (secondary N) is 1. The van der Waals surface area contributed by atoms with Crippen molar-refractivity contribution in [2.75, 3.05) is 12.4 Å². The molecule has 0 heterocycles. The topological polar surface area (TPSA) is 119 Å². The number of carbonyl (C=O) groups is 1. The van der Waals surface area contributed by atoms with Gasteiger partial charge in [-0.3, -0.25) is 25.0 Å². The number of nitro benzene ring substituents is 2. The molecular weight excluding hydrogens is 352 g/mol. The maximum atomic E-state index is 12.3. The average Bonchev–Trinajstić information content (AvgIpc) is 2.65. The van der Waals surface area contributed by atoms with Crippen molar-refractivity contribution in [2.45, 2.75) is 26.4 Å². The zero-order chi connectivity index (χ0) is 20.1. The van der Waals surface area contributed by atoms with E-state index in [-0.39, 0.29) is 35.6 Å². The zero-order valence-electron chi connectivity index (χ0n) is 15.2. The molecule has 1 N–H and O–H groups in total. The Labute approximate surface area is 155 Å². The monoisotopic (exact) mass is 372 g/mol. The molecule has 0 spiro atoms. The fourth-order valence-electron chi connectivity index (χ4n) is 2.33. The van der Waals surface area contributed by atoms with E-state index >= 15 is 0 Å². The van der Waals surface area contributed by atoms with Crippen LogP contribution in [0, 0.1) is 20.2 Å². The van der Waals surface area contributed by atoms with Gasteiger partial charge in [0, 0.05) is 31.3 Å². The number of rotatable bonds is 7. The van der Waals surface area contributed by atoms with Crippen LogP contribution in [0.1, 0.15) is 29.8 Å². The van der Waals surface area contributed by atoms with E-state index in [9.17, 15) is 25.0 Å². The number of hydrogen-bond acceptors (Lipinski definition) is 6. The van der Waals surface area contributed by atoms with Gasteiger partial charge in [-0.25, -0.2) is 0 Å². The smallest absolute Gasteiger partial charge is 0.299 e. The average molecular weight is 372 g/mol. The molecule has 1 amide bonds. The van der Waals surface area contributed by atoms with Gasteiger partial charge in [0.1, 0.15) is 5.69 Å². The maximum Gasteiger partial charge on any atom is 0.299 e. The quantitative estimate of drug-likeness (QED) is 0.586. The first-order valence-corrected chi connectivity index (χ1v) is 8.23. The summed E-state index contributed by atoms with van der Waals surface area (Å²) >= 11 is 0. The molecule has 0 aliphatic rings. The summed E-state index contributed by atoms with van der Waals surface area (Å²) in [5.41, 5.74) is 0.840. The van der Waals surface area contributed by atoms with Crippen LogP contribution in [0.25, 0.3) is 0 Å². The van der Waals surface area contributed by atoms with E-state index in [2.05, 4.69) is 5.32 Å². The summed E-state index contributed by atoms with van der Waals surface area (Å²) in [5, 5.41) is 24.8. The lowest BCUT2D eigenvalue weighted by molar-refractivity contribution is -0.393. The van der Waals surface area contributed by atoms with Crippen LogP contribution in [0.4, 0.5) is 17.1 Å². The first kappa shape index (κ1) is 19.8. The standard InChI is InChI=1S/C18H20N4O5/c1-12(2)20(3)18(23)14-6-4-13(5-7-14)11-19-16-9-8-15(21(24)25)10-17(16)22(26)27/h4-10,12,19H,11H2,1-3H3. The van der Waals surface area contributed by atoms with Crippen molar-refractivity contribution in [3.63, 3.8) is 0 Å². The Morgan fingerprint density at radius 3 is 2.22 bits per heavy atom.